The van der Waals surface area contributed by atoms with Gasteiger partial charge in [-0.3, -0.25) is 14.4 Å². The molecule has 1 aliphatic carbocycles. The topological polar surface area (TPSA) is 95.6 Å². The number of ether oxygens (including phenoxy) is 1. The van der Waals surface area contributed by atoms with Crippen molar-refractivity contribution in [3.05, 3.63) is 64.4 Å². The molecule has 2 fully saturated rings. The third-order valence-corrected chi connectivity index (χ3v) is 5.76. The van der Waals surface area contributed by atoms with E-state index in [0.717, 1.165) is 12.8 Å². The lowest BCUT2D eigenvalue weighted by atomic mass is 10.1. The number of fused-ring (bicyclic) bond motifs is 1. The van der Waals surface area contributed by atoms with E-state index < -0.39 is 0 Å². The smallest absolute Gasteiger partial charge is 0.272 e. The molecule has 0 bridgehead atoms. The zero-order chi connectivity index (χ0) is 21.4. The third kappa shape index (κ3) is 3.88. The average Bonchev–Trinajstić information content (AvgIpc) is 3.66. The minimum atomic E-state index is -0.286. The highest BCUT2D eigenvalue weighted by atomic mass is 16.5. The zero-order valence-corrected chi connectivity index (χ0v) is 16.9. The fraction of sp³-hybridized carbons (Fsp3) is 0.304. The number of H-pyrrole nitrogens is 1. The fourth-order valence-electron chi connectivity index (χ4n) is 3.87. The SMILES string of the molecule is O=C(c1cccc(Oc2n[nH]c(=O)c3ccccc23)c1)N1CCN(C(=O)C2CC2)CC1. The predicted molar refractivity (Wildman–Crippen MR) is 114 cm³/mol. The Labute approximate surface area is 178 Å². The van der Waals surface area contributed by atoms with Crippen molar-refractivity contribution in [1.82, 2.24) is 20.0 Å². The Morgan fingerprint density at radius 3 is 2.39 bits per heavy atom. The first-order chi connectivity index (χ1) is 15.1. The van der Waals surface area contributed by atoms with Crippen LogP contribution in [0.3, 0.4) is 0 Å². The lowest BCUT2D eigenvalue weighted by Gasteiger charge is -2.35. The summed E-state index contributed by atoms with van der Waals surface area (Å²) in [4.78, 5) is 40.8. The van der Waals surface area contributed by atoms with Crippen LogP contribution in [0.25, 0.3) is 10.8 Å². The second-order valence-electron chi connectivity index (χ2n) is 7.93. The van der Waals surface area contributed by atoms with Crippen molar-refractivity contribution in [2.45, 2.75) is 12.8 Å². The van der Waals surface area contributed by atoms with Crippen molar-refractivity contribution in [1.29, 1.82) is 0 Å². The molecule has 0 spiro atoms. The van der Waals surface area contributed by atoms with E-state index in [1.54, 1.807) is 47.4 Å². The Bertz CT molecular complexity index is 1210. The fourth-order valence-corrected chi connectivity index (χ4v) is 3.87. The molecule has 1 aromatic heterocycles. The van der Waals surface area contributed by atoms with Crippen LogP contribution in [0.1, 0.15) is 23.2 Å². The Morgan fingerprint density at radius 1 is 0.935 bits per heavy atom. The summed E-state index contributed by atoms with van der Waals surface area (Å²) in [6.07, 6.45) is 1.98. The number of amides is 2. The van der Waals surface area contributed by atoms with Crippen LogP contribution in [0.4, 0.5) is 0 Å². The van der Waals surface area contributed by atoms with E-state index in [0.29, 0.717) is 48.3 Å². The Balaban J connectivity index is 1.31. The first kappa shape index (κ1) is 19.3. The summed E-state index contributed by atoms with van der Waals surface area (Å²) >= 11 is 0. The Morgan fingerprint density at radius 2 is 1.65 bits per heavy atom. The van der Waals surface area contributed by atoms with E-state index in [9.17, 15) is 14.4 Å². The number of piperazine rings is 1. The van der Waals surface area contributed by atoms with Gasteiger partial charge in [-0.25, -0.2) is 5.10 Å². The van der Waals surface area contributed by atoms with Crippen LogP contribution in [0.5, 0.6) is 11.6 Å². The van der Waals surface area contributed by atoms with Gasteiger partial charge in [-0.2, -0.15) is 0 Å². The Kier molecular flexibility index (Phi) is 4.89. The maximum atomic E-state index is 13.0. The summed E-state index contributed by atoms with van der Waals surface area (Å²) in [6, 6.07) is 14.0. The highest BCUT2D eigenvalue weighted by Gasteiger charge is 2.35. The number of benzene rings is 2. The van der Waals surface area contributed by atoms with Gasteiger partial charge in [0.05, 0.1) is 10.8 Å². The molecule has 158 valence electrons. The van der Waals surface area contributed by atoms with E-state index in [2.05, 4.69) is 10.2 Å². The predicted octanol–water partition coefficient (Wildman–Crippen LogP) is 2.41. The molecule has 1 saturated heterocycles. The molecule has 2 heterocycles. The van der Waals surface area contributed by atoms with E-state index in [1.807, 2.05) is 11.0 Å². The van der Waals surface area contributed by atoms with Crippen LogP contribution in [0.15, 0.2) is 53.3 Å². The number of nitrogens with zero attached hydrogens (tertiary/aromatic N) is 3. The Hall–Kier alpha value is -3.68. The lowest BCUT2D eigenvalue weighted by Crippen LogP contribution is -2.51. The first-order valence-electron chi connectivity index (χ1n) is 10.4. The second kappa shape index (κ2) is 7.86. The van der Waals surface area contributed by atoms with E-state index >= 15 is 0 Å². The van der Waals surface area contributed by atoms with Gasteiger partial charge in [0.2, 0.25) is 11.8 Å². The van der Waals surface area contributed by atoms with Crippen LogP contribution in [0.2, 0.25) is 0 Å². The van der Waals surface area contributed by atoms with Crippen molar-refractivity contribution >= 4 is 22.6 Å². The molecule has 8 nitrogen and oxygen atoms in total. The van der Waals surface area contributed by atoms with Gasteiger partial charge in [-0.15, -0.1) is 5.10 Å². The summed E-state index contributed by atoms with van der Waals surface area (Å²) in [5, 5.41) is 7.54. The van der Waals surface area contributed by atoms with E-state index in [4.69, 9.17) is 4.74 Å². The van der Waals surface area contributed by atoms with Gasteiger partial charge < -0.3 is 14.5 Å². The molecule has 5 rings (SSSR count). The maximum Gasteiger partial charge on any atom is 0.272 e. The van der Waals surface area contributed by atoms with Crippen LogP contribution < -0.4 is 10.3 Å². The average molecular weight is 418 g/mol. The summed E-state index contributed by atoms with van der Waals surface area (Å²) in [5.74, 6) is 1.06. The number of rotatable bonds is 4. The standard InChI is InChI=1S/C23H22N4O4/c28-20-18-6-1-2-7-19(18)21(25-24-20)31-17-5-3-4-16(14-17)23(30)27-12-10-26(11-13-27)22(29)15-8-9-15/h1-7,14-15H,8-13H2,(H,24,28). The van der Waals surface area contributed by atoms with Crippen LogP contribution >= 0.6 is 0 Å². The molecule has 2 amide bonds. The highest BCUT2D eigenvalue weighted by molar-refractivity contribution is 5.95. The van der Waals surface area contributed by atoms with E-state index in [-0.39, 0.29) is 29.2 Å². The number of aromatic nitrogens is 2. The van der Waals surface area contributed by atoms with Gasteiger partial charge in [0.15, 0.2) is 0 Å². The number of carbonyl (C=O) groups excluding carboxylic acids is 2. The number of carbonyl (C=O) groups is 2. The molecule has 0 atom stereocenters. The molecule has 1 saturated carbocycles. The molecule has 0 unspecified atom stereocenters. The van der Waals surface area contributed by atoms with Gasteiger partial charge >= 0.3 is 0 Å². The molecule has 1 N–H and O–H groups in total. The molecular formula is C23H22N4O4. The van der Waals surface area contributed by atoms with Crippen LogP contribution in [0, 0.1) is 5.92 Å². The molecular weight excluding hydrogens is 396 g/mol. The zero-order valence-electron chi connectivity index (χ0n) is 16.9. The van der Waals surface area contributed by atoms with Gasteiger partial charge in [0, 0.05) is 37.7 Å². The van der Waals surface area contributed by atoms with Gasteiger partial charge in [-0.05, 0) is 43.2 Å². The largest absolute Gasteiger partial charge is 0.437 e. The van der Waals surface area contributed by atoms with Crippen molar-refractivity contribution in [3.63, 3.8) is 0 Å². The lowest BCUT2D eigenvalue weighted by molar-refractivity contribution is -0.134. The van der Waals surface area contributed by atoms with Crippen molar-refractivity contribution in [2.24, 2.45) is 5.92 Å². The minimum Gasteiger partial charge on any atom is -0.437 e. The number of hydrogen-bond acceptors (Lipinski definition) is 5. The van der Waals surface area contributed by atoms with Crippen molar-refractivity contribution < 1.29 is 14.3 Å². The summed E-state index contributed by atoms with van der Waals surface area (Å²) in [6.45, 7) is 2.19. The molecule has 0 radical (unpaired) electrons. The quantitative estimate of drug-likeness (QED) is 0.702. The number of aromatic amines is 1. The summed E-state index contributed by atoms with van der Waals surface area (Å²) < 4.78 is 5.90. The molecule has 3 aromatic rings. The number of nitrogens with one attached hydrogen (secondary N) is 1. The normalized spacial score (nSPS) is 16.4. The van der Waals surface area contributed by atoms with E-state index in [1.165, 1.54) is 0 Å². The third-order valence-electron chi connectivity index (χ3n) is 5.76. The monoisotopic (exact) mass is 418 g/mol. The summed E-state index contributed by atoms with van der Waals surface area (Å²) in [7, 11) is 0. The summed E-state index contributed by atoms with van der Waals surface area (Å²) in [5.41, 5.74) is 0.222. The number of hydrogen-bond donors (Lipinski definition) is 1. The van der Waals surface area contributed by atoms with Crippen molar-refractivity contribution in [2.75, 3.05) is 26.2 Å². The van der Waals surface area contributed by atoms with Gasteiger partial charge in [-0.1, -0.05) is 18.2 Å². The second-order valence-corrected chi connectivity index (χ2v) is 7.93. The molecule has 2 aliphatic rings. The molecule has 2 aromatic carbocycles. The van der Waals surface area contributed by atoms with Gasteiger partial charge in [0.1, 0.15) is 5.75 Å². The van der Waals surface area contributed by atoms with Crippen LogP contribution in [-0.2, 0) is 4.79 Å². The molecule has 31 heavy (non-hydrogen) atoms. The first-order valence-corrected chi connectivity index (χ1v) is 10.4. The van der Waals surface area contributed by atoms with Gasteiger partial charge in [0.25, 0.3) is 11.5 Å². The molecule has 8 heteroatoms. The maximum absolute atomic E-state index is 13.0. The highest BCUT2D eigenvalue weighted by Crippen LogP contribution is 2.31. The van der Waals surface area contributed by atoms with Crippen LogP contribution in [-0.4, -0.2) is 58.0 Å². The molecule has 1 aliphatic heterocycles. The minimum absolute atomic E-state index is 0.0942. The van der Waals surface area contributed by atoms with Crippen molar-refractivity contribution in [3.8, 4) is 11.6 Å².